The van der Waals surface area contributed by atoms with Crippen molar-refractivity contribution in [2.45, 2.75) is 25.3 Å². The predicted octanol–water partition coefficient (Wildman–Crippen LogP) is 2.99. The van der Waals surface area contributed by atoms with Crippen LogP contribution < -0.4 is 9.64 Å². The average molecular weight is 465 g/mol. The number of piperidine rings is 1. The predicted molar refractivity (Wildman–Crippen MR) is 130 cm³/mol. The maximum Gasteiger partial charge on any atom is 0.269 e. The van der Waals surface area contributed by atoms with Crippen molar-refractivity contribution in [3.8, 4) is 5.75 Å². The fraction of sp³-hybridized carbons (Fsp3) is 0.500. The summed E-state index contributed by atoms with van der Waals surface area (Å²) in [5, 5.41) is 10.9. The highest BCUT2D eigenvalue weighted by Crippen LogP contribution is 2.40. The minimum Gasteiger partial charge on any atom is -0.496 e. The Morgan fingerprint density at radius 1 is 1.06 bits per heavy atom. The van der Waals surface area contributed by atoms with Gasteiger partial charge in [0.1, 0.15) is 5.75 Å². The fourth-order valence-corrected chi connectivity index (χ4v) is 6.10. The highest BCUT2D eigenvalue weighted by atomic mass is 16.6. The van der Waals surface area contributed by atoms with E-state index in [1.807, 2.05) is 11.0 Å². The average Bonchev–Trinajstić information content (AvgIpc) is 2.87. The van der Waals surface area contributed by atoms with E-state index in [1.165, 1.54) is 11.1 Å². The van der Waals surface area contributed by atoms with E-state index in [0.29, 0.717) is 25.0 Å². The van der Waals surface area contributed by atoms with Crippen LogP contribution in [0.15, 0.2) is 42.5 Å². The molecule has 1 amide bonds. The van der Waals surface area contributed by atoms with Crippen LogP contribution in [0.2, 0.25) is 0 Å². The van der Waals surface area contributed by atoms with Gasteiger partial charge in [0, 0.05) is 56.6 Å². The lowest BCUT2D eigenvalue weighted by Gasteiger charge is -2.47. The molecule has 0 spiro atoms. The van der Waals surface area contributed by atoms with E-state index in [2.05, 4.69) is 29.0 Å². The van der Waals surface area contributed by atoms with Crippen molar-refractivity contribution in [1.82, 2.24) is 9.80 Å². The van der Waals surface area contributed by atoms with Crippen LogP contribution in [0.4, 0.5) is 11.4 Å². The fourth-order valence-electron chi connectivity index (χ4n) is 6.10. The SMILES string of the molecule is COc1cccc2c1C[C@@H]1C[C@@H](C(=O)N3CCN(c4ccc([N+](=O)[O-])cc4)CC3)CN(C)[C@@H]1C2. The number of non-ortho nitro benzene ring substituents is 1. The number of likely N-dealkylation sites (N-methyl/N-ethyl adjacent to an activating group) is 1. The Hall–Kier alpha value is -3.13. The summed E-state index contributed by atoms with van der Waals surface area (Å²) in [7, 11) is 3.89. The number of carbonyl (C=O) groups excluding carboxylic acids is 1. The molecule has 34 heavy (non-hydrogen) atoms. The van der Waals surface area contributed by atoms with Crippen molar-refractivity contribution >= 4 is 17.3 Å². The number of methoxy groups -OCH3 is 1. The molecule has 2 fully saturated rings. The molecule has 0 unspecified atom stereocenters. The second kappa shape index (κ2) is 9.25. The van der Waals surface area contributed by atoms with Gasteiger partial charge in [-0.25, -0.2) is 0 Å². The van der Waals surface area contributed by atoms with Gasteiger partial charge in [-0.1, -0.05) is 12.1 Å². The first-order chi connectivity index (χ1) is 16.4. The summed E-state index contributed by atoms with van der Waals surface area (Å²) in [5.41, 5.74) is 3.75. The second-order valence-corrected chi connectivity index (χ2v) is 9.79. The van der Waals surface area contributed by atoms with Crippen LogP contribution in [-0.2, 0) is 17.6 Å². The molecule has 8 nitrogen and oxygen atoms in total. The van der Waals surface area contributed by atoms with Gasteiger partial charge in [0.15, 0.2) is 0 Å². The molecule has 5 rings (SSSR count). The normalized spacial score (nSPS) is 24.8. The van der Waals surface area contributed by atoms with Gasteiger partial charge in [-0.15, -0.1) is 0 Å². The van der Waals surface area contributed by atoms with E-state index < -0.39 is 0 Å². The molecule has 2 aromatic carbocycles. The molecular weight excluding hydrogens is 432 g/mol. The topological polar surface area (TPSA) is 79.2 Å². The number of ether oxygens (including phenoxy) is 1. The highest BCUT2D eigenvalue weighted by molar-refractivity contribution is 5.79. The first kappa shape index (κ1) is 22.7. The first-order valence-corrected chi connectivity index (χ1v) is 12.1. The van der Waals surface area contributed by atoms with Crippen LogP contribution in [0.1, 0.15) is 17.5 Å². The summed E-state index contributed by atoms with van der Waals surface area (Å²) in [6, 6.07) is 13.5. The van der Waals surface area contributed by atoms with E-state index in [0.717, 1.165) is 50.3 Å². The highest BCUT2D eigenvalue weighted by Gasteiger charge is 2.41. The van der Waals surface area contributed by atoms with Gasteiger partial charge >= 0.3 is 0 Å². The number of nitro benzene ring substituents is 1. The number of anilines is 1. The largest absolute Gasteiger partial charge is 0.496 e. The molecule has 180 valence electrons. The Morgan fingerprint density at radius 2 is 1.79 bits per heavy atom. The summed E-state index contributed by atoms with van der Waals surface area (Å²) in [6.45, 7) is 3.65. The number of nitrogens with zero attached hydrogens (tertiary/aromatic N) is 4. The lowest BCUT2D eigenvalue weighted by Crippen LogP contribution is -2.56. The summed E-state index contributed by atoms with van der Waals surface area (Å²) in [6.07, 6.45) is 2.91. The number of hydrogen-bond acceptors (Lipinski definition) is 6. The summed E-state index contributed by atoms with van der Waals surface area (Å²) in [5.74, 6) is 1.71. The zero-order chi connectivity index (χ0) is 23.8. The summed E-state index contributed by atoms with van der Waals surface area (Å²) >= 11 is 0. The smallest absolute Gasteiger partial charge is 0.269 e. The van der Waals surface area contributed by atoms with Crippen molar-refractivity contribution in [2.24, 2.45) is 11.8 Å². The number of rotatable bonds is 4. The molecule has 2 aliphatic heterocycles. The molecule has 2 heterocycles. The lowest BCUT2D eigenvalue weighted by molar-refractivity contribution is -0.384. The van der Waals surface area contributed by atoms with E-state index in [-0.39, 0.29) is 22.4 Å². The third kappa shape index (κ3) is 4.22. The molecule has 3 atom stereocenters. The van der Waals surface area contributed by atoms with Crippen LogP contribution >= 0.6 is 0 Å². The number of carbonyl (C=O) groups is 1. The Balaban J connectivity index is 1.22. The van der Waals surface area contributed by atoms with Crippen LogP contribution in [0.5, 0.6) is 5.75 Å². The number of benzene rings is 2. The number of piperazine rings is 1. The van der Waals surface area contributed by atoms with E-state index >= 15 is 0 Å². The zero-order valence-corrected chi connectivity index (χ0v) is 19.9. The van der Waals surface area contributed by atoms with Crippen molar-refractivity contribution in [3.63, 3.8) is 0 Å². The Kier molecular flexibility index (Phi) is 6.16. The molecule has 0 saturated carbocycles. The van der Waals surface area contributed by atoms with Gasteiger partial charge in [-0.2, -0.15) is 0 Å². The molecular formula is C26H32N4O4. The minimum absolute atomic E-state index is 0.0217. The number of amides is 1. The van der Waals surface area contributed by atoms with Crippen molar-refractivity contribution in [3.05, 3.63) is 63.7 Å². The maximum atomic E-state index is 13.5. The van der Waals surface area contributed by atoms with Crippen molar-refractivity contribution in [2.75, 3.05) is 51.8 Å². The molecule has 0 bridgehead atoms. The van der Waals surface area contributed by atoms with Gasteiger partial charge in [0.05, 0.1) is 18.0 Å². The Labute approximate surface area is 200 Å². The Morgan fingerprint density at radius 3 is 2.47 bits per heavy atom. The third-order valence-corrected chi connectivity index (χ3v) is 7.92. The van der Waals surface area contributed by atoms with Crippen molar-refractivity contribution in [1.29, 1.82) is 0 Å². The second-order valence-electron chi connectivity index (χ2n) is 9.79. The van der Waals surface area contributed by atoms with E-state index in [9.17, 15) is 14.9 Å². The van der Waals surface area contributed by atoms with Crippen LogP contribution in [-0.4, -0.2) is 73.6 Å². The zero-order valence-electron chi connectivity index (χ0n) is 19.9. The summed E-state index contributed by atoms with van der Waals surface area (Å²) < 4.78 is 5.63. The maximum absolute atomic E-state index is 13.5. The number of fused-ring (bicyclic) bond motifs is 2. The van der Waals surface area contributed by atoms with Crippen LogP contribution in [0.25, 0.3) is 0 Å². The molecule has 2 saturated heterocycles. The van der Waals surface area contributed by atoms with Crippen molar-refractivity contribution < 1.29 is 14.5 Å². The standard InChI is InChI=1S/C26H32N4O4/c1-27-17-20(14-19-15-23-18(16-24(19)27)4-3-5-25(23)34-2)26(31)29-12-10-28(11-13-29)21-6-8-22(9-7-21)30(32)33/h3-9,19-20,24H,10-17H2,1-2H3/t19-,20+,24+/m0/s1. The van der Waals surface area contributed by atoms with Gasteiger partial charge in [0.25, 0.3) is 5.69 Å². The third-order valence-electron chi connectivity index (χ3n) is 7.92. The summed E-state index contributed by atoms with van der Waals surface area (Å²) in [4.78, 5) is 30.6. The number of likely N-dealkylation sites (tertiary alicyclic amines) is 1. The molecule has 0 N–H and O–H groups in total. The van der Waals surface area contributed by atoms with Gasteiger partial charge in [0.2, 0.25) is 5.91 Å². The molecule has 0 radical (unpaired) electrons. The molecule has 0 aromatic heterocycles. The molecule has 2 aromatic rings. The number of nitro groups is 1. The molecule has 1 aliphatic carbocycles. The molecule has 8 heteroatoms. The van der Waals surface area contributed by atoms with Gasteiger partial charge in [-0.05, 0) is 61.6 Å². The lowest BCUT2D eigenvalue weighted by atomic mass is 9.72. The van der Waals surface area contributed by atoms with Crippen LogP contribution in [0.3, 0.4) is 0 Å². The quantitative estimate of drug-likeness (QED) is 0.511. The van der Waals surface area contributed by atoms with E-state index in [4.69, 9.17) is 4.74 Å². The van der Waals surface area contributed by atoms with E-state index in [1.54, 1.807) is 31.4 Å². The Bertz CT molecular complexity index is 1060. The van der Waals surface area contributed by atoms with Crippen LogP contribution in [0, 0.1) is 22.0 Å². The molecule has 3 aliphatic rings. The number of hydrogen-bond donors (Lipinski definition) is 0. The van der Waals surface area contributed by atoms with Gasteiger partial charge < -0.3 is 19.4 Å². The minimum atomic E-state index is -0.382. The monoisotopic (exact) mass is 464 g/mol. The van der Waals surface area contributed by atoms with Gasteiger partial charge in [-0.3, -0.25) is 14.9 Å². The first-order valence-electron chi connectivity index (χ1n) is 12.1.